The number of rotatable bonds is 11. The lowest BCUT2D eigenvalue weighted by Gasteiger charge is -2.47. The van der Waals surface area contributed by atoms with Crippen molar-refractivity contribution in [2.45, 2.75) is 49.6 Å². The van der Waals surface area contributed by atoms with Crippen LogP contribution in [-0.4, -0.2) is 62.8 Å². The normalized spacial score (nSPS) is 19.4. The maximum absolute atomic E-state index is 14.2. The molecule has 1 unspecified atom stereocenters. The molecule has 1 aliphatic rings. The number of aliphatic carboxylic acids is 1. The summed E-state index contributed by atoms with van der Waals surface area (Å²) >= 11 is 0. The third-order valence-corrected chi connectivity index (χ3v) is 11.9. The average Bonchev–Trinajstić information content (AvgIpc) is 2.96. The van der Waals surface area contributed by atoms with Crippen LogP contribution in [-0.2, 0) is 31.4 Å². The Bertz CT molecular complexity index is 1550. The SMILES string of the molecule is COc1ccc(-c2ccc(S(=O)(=O)N(C)[N+](Cc3ccccc3)(C3CCC(CC(=O)O)CC3)S(C)(=O)=O)cc2)cc1. The van der Waals surface area contributed by atoms with Gasteiger partial charge in [0.05, 0.1) is 25.3 Å². The van der Waals surface area contributed by atoms with E-state index in [4.69, 9.17) is 4.74 Å². The quantitative estimate of drug-likeness (QED) is 0.245. The molecule has 220 valence electrons. The molecule has 3 aromatic carbocycles. The third kappa shape index (κ3) is 6.48. The summed E-state index contributed by atoms with van der Waals surface area (Å²) in [7, 11) is -5.42. The molecule has 1 atom stereocenters. The van der Waals surface area contributed by atoms with Crippen LogP contribution in [0.5, 0.6) is 5.75 Å². The summed E-state index contributed by atoms with van der Waals surface area (Å²) in [5.74, 6) is -0.256. The van der Waals surface area contributed by atoms with Crippen molar-refractivity contribution in [2.75, 3.05) is 20.4 Å². The van der Waals surface area contributed by atoms with Crippen molar-refractivity contribution in [2.24, 2.45) is 5.92 Å². The lowest BCUT2D eigenvalue weighted by atomic mass is 9.84. The zero-order chi connectivity index (χ0) is 29.8. The minimum absolute atomic E-state index is 0.0129. The van der Waals surface area contributed by atoms with E-state index in [9.17, 15) is 26.7 Å². The number of ether oxygens (including phenoxy) is 1. The number of carboxylic acids is 1. The van der Waals surface area contributed by atoms with Crippen molar-refractivity contribution >= 4 is 26.0 Å². The van der Waals surface area contributed by atoms with Crippen LogP contribution in [0.1, 0.15) is 37.7 Å². The molecule has 0 spiro atoms. The average molecular weight is 602 g/mol. The standard InChI is InChI=1S/C30H36N2O7S2/c1-31(41(37,38)29-19-13-26(14-20-29)25-11-17-28(39-2)18-12-25)32(40(3,35)36,22-24-7-5-4-6-8-24)27-15-9-23(10-16-27)21-30(33)34/h4-8,11-14,17-20,23,27H,9-10,15-16,21-22H2,1-3H3/p+1. The molecule has 1 fully saturated rings. The van der Waals surface area contributed by atoms with Crippen LogP contribution in [0.4, 0.5) is 0 Å². The van der Waals surface area contributed by atoms with E-state index in [1.165, 1.54) is 19.2 Å². The molecule has 0 amide bonds. The summed E-state index contributed by atoms with van der Waals surface area (Å²) < 4.78 is 61.3. The van der Waals surface area contributed by atoms with Crippen LogP contribution in [0, 0.1) is 5.92 Å². The largest absolute Gasteiger partial charge is 0.497 e. The number of carboxylic acid groups (broad SMARTS) is 1. The van der Waals surface area contributed by atoms with E-state index in [-0.39, 0.29) is 23.8 Å². The number of carbonyl (C=O) groups is 1. The summed E-state index contributed by atoms with van der Waals surface area (Å²) in [5.41, 5.74) is 2.37. The first-order valence-corrected chi connectivity index (χ1v) is 16.7. The lowest BCUT2D eigenvalue weighted by Crippen LogP contribution is -2.67. The predicted molar refractivity (Wildman–Crippen MR) is 157 cm³/mol. The Kier molecular flexibility index (Phi) is 9.22. The highest BCUT2D eigenvalue weighted by Crippen LogP contribution is 2.40. The van der Waals surface area contributed by atoms with Gasteiger partial charge in [0.15, 0.2) is 0 Å². The summed E-state index contributed by atoms with van der Waals surface area (Å²) in [4.78, 5) is 11.3. The zero-order valence-corrected chi connectivity index (χ0v) is 25.1. The molecule has 0 aromatic heterocycles. The number of quaternary nitrogens is 1. The van der Waals surface area contributed by atoms with Gasteiger partial charge in [0, 0.05) is 24.8 Å². The topological polar surface area (TPSA) is 118 Å². The van der Waals surface area contributed by atoms with Gasteiger partial charge in [-0.25, -0.2) is 8.42 Å². The van der Waals surface area contributed by atoms with Gasteiger partial charge in [0.2, 0.25) is 0 Å². The first kappa shape index (κ1) is 30.7. The Hall–Kier alpha value is -3.25. The van der Waals surface area contributed by atoms with Crippen molar-refractivity contribution in [1.29, 1.82) is 0 Å². The van der Waals surface area contributed by atoms with Gasteiger partial charge in [-0.05, 0) is 58.6 Å². The van der Waals surface area contributed by atoms with Crippen LogP contribution < -0.4 is 4.74 Å². The van der Waals surface area contributed by atoms with E-state index in [2.05, 4.69) is 0 Å². The molecule has 41 heavy (non-hydrogen) atoms. The van der Waals surface area contributed by atoms with Gasteiger partial charge in [-0.1, -0.05) is 54.6 Å². The molecule has 0 radical (unpaired) electrons. The van der Waals surface area contributed by atoms with E-state index in [1.807, 2.05) is 30.3 Å². The minimum Gasteiger partial charge on any atom is -0.497 e. The lowest BCUT2D eigenvalue weighted by molar-refractivity contribution is -0.939. The molecule has 9 nitrogen and oxygen atoms in total. The second-order valence-corrected chi connectivity index (χ2v) is 14.6. The van der Waals surface area contributed by atoms with Gasteiger partial charge in [-0.2, -0.15) is 8.42 Å². The predicted octanol–water partition coefficient (Wildman–Crippen LogP) is 4.91. The Morgan fingerprint density at radius 2 is 1.41 bits per heavy atom. The number of benzene rings is 3. The molecule has 4 rings (SSSR count). The molecule has 1 aliphatic carbocycles. The molecule has 1 saturated carbocycles. The molecule has 0 heterocycles. The third-order valence-electron chi connectivity index (χ3n) is 8.08. The maximum atomic E-state index is 14.2. The van der Waals surface area contributed by atoms with Crippen LogP contribution in [0.25, 0.3) is 11.1 Å². The Labute approximate surface area is 242 Å². The molecule has 1 N–H and O–H groups in total. The van der Waals surface area contributed by atoms with E-state index < -0.39 is 36.1 Å². The molecular weight excluding hydrogens is 564 g/mol. The van der Waals surface area contributed by atoms with Gasteiger partial charge >= 0.3 is 16.0 Å². The molecule has 3 aromatic rings. The van der Waals surface area contributed by atoms with Crippen LogP contribution in [0.2, 0.25) is 0 Å². The molecule has 0 aliphatic heterocycles. The van der Waals surface area contributed by atoms with Crippen molar-refractivity contribution in [1.82, 2.24) is 4.41 Å². The highest BCUT2D eigenvalue weighted by molar-refractivity contribution is 7.90. The van der Waals surface area contributed by atoms with Gasteiger partial charge in [-0.15, -0.1) is 4.00 Å². The summed E-state index contributed by atoms with van der Waals surface area (Å²) in [5, 5.41) is 9.26. The fourth-order valence-electron chi connectivity index (χ4n) is 5.84. The van der Waals surface area contributed by atoms with Gasteiger partial charge < -0.3 is 9.84 Å². The van der Waals surface area contributed by atoms with Gasteiger partial charge in [0.1, 0.15) is 18.3 Å². The molecule has 11 heteroatoms. The number of sulfonamides is 2. The van der Waals surface area contributed by atoms with Crippen LogP contribution >= 0.6 is 0 Å². The van der Waals surface area contributed by atoms with Crippen molar-refractivity contribution in [3.05, 3.63) is 84.4 Å². The van der Waals surface area contributed by atoms with E-state index in [1.54, 1.807) is 43.5 Å². The summed E-state index contributed by atoms with van der Waals surface area (Å²) in [6.45, 7) is -0.0758. The number of hydrogen-bond donors (Lipinski definition) is 1. The van der Waals surface area contributed by atoms with Crippen molar-refractivity contribution in [3.8, 4) is 16.9 Å². The van der Waals surface area contributed by atoms with E-state index in [0.717, 1.165) is 21.8 Å². The smallest absolute Gasteiger partial charge is 0.313 e. The second kappa shape index (κ2) is 12.3. The van der Waals surface area contributed by atoms with E-state index >= 15 is 0 Å². The number of methoxy groups -OCH3 is 1. The Balaban J connectivity index is 1.74. The summed E-state index contributed by atoms with van der Waals surface area (Å²) in [6, 6.07) is 22.2. The minimum atomic E-state index is -4.28. The number of hydrogen-bond acceptors (Lipinski definition) is 6. The number of nitrogens with zero attached hydrogens (tertiary/aromatic N) is 2. The van der Waals surface area contributed by atoms with Gasteiger partial charge in [-0.3, -0.25) is 4.79 Å². The van der Waals surface area contributed by atoms with E-state index in [0.29, 0.717) is 37.0 Å². The molecule has 0 saturated heterocycles. The fraction of sp³-hybridized carbons (Fsp3) is 0.367. The summed E-state index contributed by atoms with van der Waals surface area (Å²) in [6.07, 6.45) is 2.87. The molecule has 0 bridgehead atoms. The second-order valence-electron chi connectivity index (χ2n) is 10.6. The highest BCUT2D eigenvalue weighted by atomic mass is 32.2. The van der Waals surface area contributed by atoms with Crippen molar-refractivity contribution in [3.63, 3.8) is 0 Å². The maximum Gasteiger partial charge on any atom is 0.313 e. The highest BCUT2D eigenvalue weighted by Gasteiger charge is 2.55. The first-order chi connectivity index (χ1) is 19.4. The first-order valence-electron chi connectivity index (χ1n) is 13.5. The van der Waals surface area contributed by atoms with Gasteiger partial charge in [0.25, 0.3) is 10.0 Å². The fourth-order valence-corrected chi connectivity index (χ4v) is 9.36. The monoisotopic (exact) mass is 601 g/mol. The molecular formula is C30H37N2O7S2+. The Morgan fingerprint density at radius 1 is 0.878 bits per heavy atom. The zero-order valence-electron chi connectivity index (χ0n) is 23.5. The van der Waals surface area contributed by atoms with Crippen LogP contribution in [0.3, 0.4) is 0 Å². The van der Waals surface area contributed by atoms with Crippen LogP contribution in [0.15, 0.2) is 83.8 Å². The van der Waals surface area contributed by atoms with Crippen molar-refractivity contribution < 1.29 is 35.5 Å². The Morgan fingerprint density at radius 3 is 1.90 bits per heavy atom.